The molecule has 0 aromatic heterocycles. The number of para-hydroxylation sites is 1. The predicted molar refractivity (Wildman–Crippen MR) is 83.0 cm³/mol. The molecular formula is C18H20O3. The Bertz CT molecular complexity index is 600. The van der Waals surface area contributed by atoms with Crippen LogP contribution in [0.4, 0.5) is 0 Å². The fraction of sp³-hybridized carbons (Fsp3) is 0.278. The van der Waals surface area contributed by atoms with Crippen molar-refractivity contribution in [2.45, 2.75) is 32.6 Å². The van der Waals surface area contributed by atoms with E-state index in [0.29, 0.717) is 12.3 Å². The largest absolute Gasteiger partial charge is 0.481 e. The lowest BCUT2D eigenvalue weighted by Crippen LogP contribution is -1.97. The highest BCUT2D eigenvalue weighted by molar-refractivity contribution is 5.67. The number of carboxylic acids is 1. The molecule has 21 heavy (non-hydrogen) atoms. The highest BCUT2D eigenvalue weighted by Gasteiger charge is 2.08. The molecule has 0 amide bonds. The van der Waals surface area contributed by atoms with Gasteiger partial charge in [0.2, 0.25) is 0 Å². The van der Waals surface area contributed by atoms with Crippen molar-refractivity contribution in [2.75, 3.05) is 0 Å². The zero-order valence-electron chi connectivity index (χ0n) is 12.4. The number of carbonyl (C=O) groups is 1. The number of hydrogen-bond donors (Lipinski definition) is 1. The molecule has 2 aromatic carbocycles. The van der Waals surface area contributed by atoms with E-state index in [9.17, 15) is 4.79 Å². The molecule has 0 saturated heterocycles. The van der Waals surface area contributed by atoms with Crippen LogP contribution in [-0.4, -0.2) is 11.1 Å². The first kappa shape index (κ1) is 15.1. The number of aryl methyl sites for hydroxylation is 1. The van der Waals surface area contributed by atoms with Crippen LogP contribution in [-0.2, 0) is 11.2 Å². The molecule has 3 heteroatoms. The molecule has 0 aliphatic heterocycles. The van der Waals surface area contributed by atoms with Crippen molar-refractivity contribution in [2.24, 2.45) is 0 Å². The number of rotatable bonds is 6. The van der Waals surface area contributed by atoms with Crippen molar-refractivity contribution in [3.63, 3.8) is 0 Å². The van der Waals surface area contributed by atoms with Gasteiger partial charge in [0.1, 0.15) is 11.5 Å². The second-order valence-corrected chi connectivity index (χ2v) is 5.33. The third kappa shape index (κ3) is 4.35. The first-order chi connectivity index (χ1) is 10.1. The molecule has 0 aliphatic carbocycles. The van der Waals surface area contributed by atoms with Gasteiger partial charge in [0, 0.05) is 6.42 Å². The van der Waals surface area contributed by atoms with Crippen LogP contribution in [0.25, 0.3) is 0 Å². The van der Waals surface area contributed by atoms with Gasteiger partial charge in [0.15, 0.2) is 0 Å². The molecule has 3 nitrogen and oxygen atoms in total. The van der Waals surface area contributed by atoms with Crippen LogP contribution in [0.3, 0.4) is 0 Å². The Labute approximate surface area is 125 Å². The maximum Gasteiger partial charge on any atom is 0.303 e. The summed E-state index contributed by atoms with van der Waals surface area (Å²) in [7, 11) is 0. The number of aliphatic carboxylic acids is 1. The van der Waals surface area contributed by atoms with Gasteiger partial charge in [0.25, 0.3) is 0 Å². The van der Waals surface area contributed by atoms with Crippen LogP contribution in [0.15, 0.2) is 48.5 Å². The highest BCUT2D eigenvalue weighted by Crippen LogP contribution is 2.30. The number of benzene rings is 2. The van der Waals surface area contributed by atoms with Crippen LogP contribution in [0.5, 0.6) is 11.5 Å². The summed E-state index contributed by atoms with van der Waals surface area (Å²) in [6.45, 7) is 4.27. The molecule has 2 aromatic rings. The summed E-state index contributed by atoms with van der Waals surface area (Å²) in [4.78, 5) is 10.6. The van der Waals surface area contributed by atoms with Crippen molar-refractivity contribution < 1.29 is 14.6 Å². The van der Waals surface area contributed by atoms with Gasteiger partial charge in [-0.3, -0.25) is 4.79 Å². The Morgan fingerprint density at radius 1 is 1.10 bits per heavy atom. The minimum Gasteiger partial charge on any atom is -0.481 e. The van der Waals surface area contributed by atoms with E-state index in [1.165, 1.54) is 5.56 Å². The Hall–Kier alpha value is -2.29. The third-order valence-electron chi connectivity index (χ3n) is 3.32. The minimum atomic E-state index is -0.777. The SMILES string of the molecule is CC(C)c1ccccc1Oc1ccc(CCC(=O)O)cc1. The Kier molecular flexibility index (Phi) is 4.99. The molecule has 0 aliphatic rings. The van der Waals surface area contributed by atoms with Crippen molar-refractivity contribution in [1.29, 1.82) is 0 Å². The van der Waals surface area contributed by atoms with Gasteiger partial charge in [-0.2, -0.15) is 0 Å². The lowest BCUT2D eigenvalue weighted by Gasteiger charge is -2.13. The van der Waals surface area contributed by atoms with Crippen LogP contribution < -0.4 is 4.74 Å². The Morgan fingerprint density at radius 2 is 1.76 bits per heavy atom. The van der Waals surface area contributed by atoms with Crippen molar-refractivity contribution in [1.82, 2.24) is 0 Å². The second kappa shape index (κ2) is 6.93. The third-order valence-corrected chi connectivity index (χ3v) is 3.32. The summed E-state index contributed by atoms with van der Waals surface area (Å²) in [6.07, 6.45) is 0.689. The molecule has 0 unspecified atom stereocenters. The van der Waals surface area contributed by atoms with Crippen LogP contribution in [0.2, 0.25) is 0 Å². The van der Waals surface area contributed by atoms with E-state index in [4.69, 9.17) is 9.84 Å². The first-order valence-corrected chi connectivity index (χ1v) is 7.14. The molecule has 2 rings (SSSR count). The fourth-order valence-corrected chi connectivity index (χ4v) is 2.15. The number of ether oxygens (including phenoxy) is 1. The normalized spacial score (nSPS) is 10.6. The monoisotopic (exact) mass is 284 g/mol. The van der Waals surface area contributed by atoms with E-state index < -0.39 is 5.97 Å². The molecule has 0 spiro atoms. The van der Waals surface area contributed by atoms with Gasteiger partial charge in [-0.05, 0) is 41.7 Å². The Morgan fingerprint density at radius 3 is 2.38 bits per heavy atom. The lowest BCUT2D eigenvalue weighted by atomic mass is 10.0. The van der Waals surface area contributed by atoms with E-state index in [-0.39, 0.29) is 6.42 Å². The quantitative estimate of drug-likeness (QED) is 0.842. The average molecular weight is 284 g/mol. The van der Waals surface area contributed by atoms with Gasteiger partial charge >= 0.3 is 5.97 Å². The zero-order chi connectivity index (χ0) is 15.2. The summed E-state index contributed by atoms with van der Waals surface area (Å²) in [5.74, 6) is 1.25. The highest BCUT2D eigenvalue weighted by atomic mass is 16.5. The second-order valence-electron chi connectivity index (χ2n) is 5.33. The molecule has 0 atom stereocenters. The van der Waals surface area contributed by atoms with Crippen LogP contribution in [0, 0.1) is 0 Å². The van der Waals surface area contributed by atoms with Gasteiger partial charge in [0.05, 0.1) is 0 Å². The summed E-state index contributed by atoms with van der Waals surface area (Å²) >= 11 is 0. The molecule has 110 valence electrons. The molecular weight excluding hydrogens is 264 g/mol. The average Bonchev–Trinajstić information content (AvgIpc) is 2.47. The van der Waals surface area contributed by atoms with E-state index in [1.54, 1.807) is 0 Å². The predicted octanol–water partition coefficient (Wildman–Crippen LogP) is 4.62. The van der Waals surface area contributed by atoms with E-state index >= 15 is 0 Å². The number of carboxylic acid groups (broad SMARTS) is 1. The topological polar surface area (TPSA) is 46.5 Å². The summed E-state index contributed by atoms with van der Waals surface area (Å²) in [6, 6.07) is 15.6. The van der Waals surface area contributed by atoms with E-state index in [0.717, 1.165) is 17.1 Å². The summed E-state index contributed by atoms with van der Waals surface area (Å²) < 4.78 is 5.94. The molecule has 0 fully saturated rings. The standard InChI is InChI=1S/C18H20O3/c1-13(2)16-5-3-4-6-17(16)21-15-10-7-14(8-11-15)9-12-18(19)20/h3-8,10-11,13H,9,12H2,1-2H3,(H,19,20). The van der Waals surface area contributed by atoms with E-state index in [1.807, 2.05) is 42.5 Å². The van der Waals surface area contributed by atoms with Gasteiger partial charge in [-0.15, -0.1) is 0 Å². The van der Waals surface area contributed by atoms with Gasteiger partial charge in [-0.25, -0.2) is 0 Å². The molecule has 0 bridgehead atoms. The maximum atomic E-state index is 10.6. The van der Waals surface area contributed by atoms with Crippen molar-refractivity contribution in [3.8, 4) is 11.5 Å². The van der Waals surface area contributed by atoms with Crippen LogP contribution >= 0.6 is 0 Å². The number of hydrogen-bond acceptors (Lipinski definition) is 2. The molecule has 1 N–H and O–H groups in total. The summed E-state index contributed by atoms with van der Waals surface area (Å²) in [5, 5.41) is 8.68. The van der Waals surface area contributed by atoms with Crippen molar-refractivity contribution >= 4 is 5.97 Å². The molecule has 0 heterocycles. The molecule has 0 saturated carbocycles. The van der Waals surface area contributed by atoms with Gasteiger partial charge < -0.3 is 9.84 Å². The van der Waals surface area contributed by atoms with E-state index in [2.05, 4.69) is 19.9 Å². The lowest BCUT2D eigenvalue weighted by molar-refractivity contribution is -0.136. The fourth-order valence-electron chi connectivity index (χ4n) is 2.15. The van der Waals surface area contributed by atoms with Crippen molar-refractivity contribution in [3.05, 3.63) is 59.7 Å². The zero-order valence-corrected chi connectivity index (χ0v) is 12.4. The summed E-state index contributed by atoms with van der Waals surface area (Å²) in [5.41, 5.74) is 2.18. The Balaban J connectivity index is 2.08. The van der Waals surface area contributed by atoms with Crippen LogP contribution in [0.1, 0.15) is 37.3 Å². The smallest absolute Gasteiger partial charge is 0.303 e. The van der Waals surface area contributed by atoms with Gasteiger partial charge in [-0.1, -0.05) is 44.2 Å². The molecule has 0 radical (unpaired) electrons. The minimum absolute atomic E-state index is 0.149. The first-order valence-electron chi connectivity index (χ1n) is 7.14. The maximum absolute atomic E-state index is 10.6.